The fraction of sp³-hybridized carbons (Fsp3) is 0.400. The van der Waals surface area contributed by atoms with Crippen LogP contribution in [-0.2, 0) is 6.54 Å². The van der Waals surface area contributed by atoms with Crippen LogP contribution in [0.25, 0.3) is 10.9 Å². The highest BCUT2D eigenvalue weighted by molar-refractivity contribution is 5.85. The molecule has 1 saturated heterocycles. The lowest BCUT2D eigenvalue weighted by atomic mass is 10.1. The first-order valence-electron chi connectivity index (χ1n) is 6.64. The van der Waals surface area contributed by atoms with Crippen molar-refractivity contribution in [1.29, 1.82) is 0 Å². The van der Waals surface area contributed by atoms with Crippen LogP contribution in [0, 0.1) is 0 Å². The van der Waals surface area contributed by atoms with Crippen molar-refractivity contribution in [2.75, 3.05) is 13.1 Å². The van der Waals surface area contributed by atoms with E-state index in [-0.39, 0.29) is 12.4 Å². The number of aromatic nitrogens is 1. The smallest absolute Gasteiger partial charge is 0.0702 e. The zero-order valence-corrected chi connectivity index (χ0v) is 11.8. The molecule has 1 aliphatic rings. The minimum absolute atomic E-state index is 0. The summed E-state index contributed by atoms with van der Waals surface area (Å²) in [4.78, 5) is 6.99. The van der Waals surface area contributed by atoms with Crippen molar-refractivity contribution in [3.05, 3.63) is 42.1 Å². The Morgan fingerprint density at radius 3 is 3.00 bits per heavy atom. The summed E-state index contributed by atoms with van der Waals surface area (Å²) in [5.74, 6) is 0. The number of benzene rings is 1. The number of nitrogens with two attached hydrogens (primary N) is 1. The molecule has 1 fully saturated rings. The summed E-state index contributed by atoms with van der Waals surface area (Å²) in [5, 5.41) is 1.22. The van der Waals surface area contributed by atoms with Gasteiger partial charge in [-0.1, -0.05) is 18.2 Å². The fourth-order valence-corrected chi connectivity index (χ4v) is 2.81. The Bertz CT molecular complexity index is 544. The average molecular weight is 278 g/mol. The summed E-state index contributed by atoms with van der Waals surface area (Å²) in [5.41, 5.74) is 8.16. The van der Waals surface area contributed by atoms with Gasteiger partial charge in [-0.05, 0) is 37.1 Å². The highest BCUT2D eigenvalue weighted by Crippen LogP contribution is 2.20. The summed E-state index contributed by atoms with van der Waals surface area (Å²) in [6, 6.07) is 11.1. The molecule has 1 atom stereocenters. The van der Waals surface area contributed by atoms with Crippen molar-refractivity contribution in [3.63, 3.8) is 0 Å². The van der Waals surface area contributed by atoms with Gasteiger partial charge in [-0.3, -0.25) is 9.88 Å². The van der Waals surface area contributed by atoms with Gasteiger partial charge in [-0.2, -0.15) is 0 Å². The van der Waals surface area contributed by atoms with E-state index in [1.165, 1.54) is 23.8 Å². The van der Waals surface area contributed by atoms with E-state index in [1.54, 1.807) is 0 Å². The second-order valence-electron chi connectivity index (χ2n) is 5.04. The molecule has 19 heavy (non-hydrogen) atoms. The van der Waals surface area contributed by atoms with Gasteiger partial charge in [0.15, 0.2) is 0 Å². The number of hydrogen-bond donors (Lipinski definition) is 1. The second-order valence-corrected chi connectivity index (χ2v) is 5.04. The van der Waals surface area contributed by atoms with E-state index in [0.717, 1.165) is 25.2 Å². The molecule has 1 aromatic heterocycles. The van der Waals surface area contributed by atoms with Gasteiger partial charge in [0.2, 0.25) is 0 Å². The molecule has 1 aromatic carbocycles. The molecule has 0 aliphatic carbocycles. The maximum absolute atomic E-state index is 5.81. The zero-order valence-electron chi connectivity index (χ0n) is 11.0. The van der Waals surface area contributed by atoms with Gasteiger partial charge in [0, 0.05) is 30.7 Å². The Morgan fingerprint density at radius 1 is 1.32 bits per heavy atom. The Hall–Kier alpha value is -1.16. The quantitative estimate of drug-likeness (QED) is 0.938. The van der Waals surface area contributed by atoms with Crippen LogP contribution in [0.1, 0.15) is 18.4 Å². The lowest BCUT2D eigenvalue weighted by Crippen LogP contribution is -2.34. The van der Waals surface area contributed by atoms with Crippen molar-refractivity contribution < 1.29 is 0 Å². The number of para-hydroxylation sites is 1. The van der Waals surface area contributed by atoms with Gasteiger partial charge in [0.05, 0.1) is 5.52 Å². The lowest BCUT2D eigenvalue weighted by Gasteiger charge is -2.23. The molecule has 1 unspecified atom stereocenters. The van der Waals surface area contributed by atoms with Crippen LogP contribution in [0.2, 0.25) is 0 Å². The minimum atomic E-state index is 0. The van der Waals surface area contributed by atoms with Crippen LogP contribution in [-0.4, -0.2) is 29.0 Å². The van der Waals surface area contributed by atoms with Gasteiger partial charge in [-0.15, -0.1) is 12.4 Å². The molecule has 3 rings (SSSR count). The number of likely N-dealkylation sites (tertiary alicyclic amines) is 1. The first-order valence-corrected chi connectivity index (χ1v) is 6.64. The molecular formula is C15H20ClN3. The Kier molecular flexibility index (Phi) is 4.75. The minimum Gasteiger partial charge on any atom is -0.329 e. The van der Waals surface area contributed by atoms with Crippen molar-refractivity contribution in [3.8, 4) is 0 Å². The highest BCUT2D eigenvalue weighted by atomic mass is 35.5. The summed E-state index contributed by atoms with van der Waals surface area (Å²) in [6.07, 6.45) is 4.49. The molecule has 2 heterocycles. The lowest BCUT2D eigenvalue weighted by molar-refractivity contribution is 0.250. The van der Waals surface area contributed by atoms with Crippen LogP contribution in [0.5, 0.6) is 0 Å². The number of hydrogen-bond acceptors (Lipinski definition) is 3. The molecule has 0 bridgehead atoms. The molecule has 102 valence electrons. The third-order valence-corrected chi connectivity index (χ3v) is 3.80. The van der Waals surface area contributed by atoms with Gasteiger partial charge >= 0.3 is 0 Å². The van der Waals surface area contributed by atoms with Gasteiger partial charge in [0.25, 0.3) is 0 Å². The normalized spacial score (nSPS) is 19.5. The number of fused-ring (bicyclic) bond motifs is 1. The standard InChI is InChI=1S/C15H19N3.ClH/c16-9-14-5-3-7-18(14)11-12-8-13-4-1-2-6-15(13)17-10-12;/h1-2,4,6,8,10,14H,3,5,7,9,11,16H2;1H. The number of pyridine rings is 1. The number of rotatable bonds is 3. The van der Waals surface area contributed by atoms with Crippen molar-refractivity contribution in [2.24, 2.45) is 5.73 Å². The van der Waals surface area contributed by atoms with Gasteiger partial charge in [-0.25, -0.2) is 0 Å². The van der Waals surface area contributed by atoms with E-state index in [2.05, 4.69) is 34.1 Å². The zero-order chi connectivity index (χ0) is 12.4. The van der Waals surface area contributed by atoms with Crippen LogP contribution in [0.3, 0.4) is 0 Å². The Balaban J connectivity index is 0.00000133. The number of nitrogens with zero attached hydrogens (tertiary/aromatic N) is 2. The van der Waals surface area contributed by atoms with E-state index < -0.39 is 0 Å². The molecule has 0 radical (unpaired) electrons. The molecule has 2 aromatic rings. The average Bonchev–Trinajstić information content (AvgIpc) is 2.86. The summed E-state index contributed by atoms with van der Waals surface area (Å²) < 4.78 is 0. The van der Waals surface area contributed by atoms with E-state index in [1.807, 2.05) is 12.3 Å². The fourth-order valence-electron chi connectivity index (χ4n) is 2.81. The first-order chi connectivity index (χ1) is 8.86. The van der Waals surface area contributed by atoms with Crippen LogP contribution in [0.15, 0.2) is 36.5 Å². The topological polar surface area (TPSA) is 42.1 Å². The number of halogens is 1. The molecule has 4 heteroatoms. The van der Waals surface area contributed by atoms with E-state index in [4.69, 9.17) is 5.73 Å². The highest BCUT2D eigenvalue weighted by Gasteiger charge is 2.22. The monoisotopic (exact) mass is 277 g/mol. The van der Waals surface area contributed by atoms with Crippen molar-refractivity contribution >= 4 is 23.3 Å². The van der Waals surface area contributed by atoms with Crippen molar-refractivity contribution in [2.45, 2.75) is 25.4 Å². The molecule has 0 saturated carbocycles. The predicted octanol–water partition coefficient (Wildman–Crippen LogP) is 2.58. The summed E-state index contributed by atoms with van der Waals surface area (Å²) in [7, 11) is 0. The molecule has 2 N–H and O–H groups in total. The molecular weight excluding hydrogens is 258 g/mol. The maximum atomic E-state index is 5.81. The predicted molar refractivity (Wildman–Crippen MR) is 81.5 cm³/mol. The van der Waals surface area contributed by atoms with Crippen molar-refractivity contribution in [1.82, 2.24) is 9.88 Å². The van der Waals surface area contributed by atoms with Crippen LogP contribution in [0.4, 0.5) is 0 Å². The Labute approximate surface area is 120 Å². The summed E-state index contributed by atoms with van der Waals surface area (Å²) in [6.45, 7) is 2.90. The summed E-state index contributed by atoms with van der Waals surface area (Å²) >= 11 is 0. The first kappa shape index (κ1) is 14.3. The van der Waals surface area contributed by atoms with Crippen LogP contribution < -0.4 is 5.73 Å². The van der Waals surface area contributed by atoms with Gasteiger partial charge < -0.3 is 5.73 Å². The van der Waals surface area contributed by atoms with Crippen LogP contribution >= 0.6 is 12.4 Å². The van der Waals surface area contributed by atoms with Gasteiger partial charge in [0.1, 0.15) is 0 Å². The molecule has 1 aliphatic heterocycles. The maximum Gasteiger partial charge on any atom is 0.0702 e. The van der Waals surface area contributed by atoms with E-state index in [9.17, 15) is 0 Å². The SMILES string of the molecule is Cl.NCC1CCCN1Cc1cnc2ccccc2c1. The molecule has 3 nitrogen and oxygen atoms in total. The molecule has 0 spiro atoms. The van der Waals surface area contributed by atoms with E-state index in [0.29, 0.717) is 6.04 Å². The second kappa shape index (κ2) is 6.33. The molecule has 0 amide bonds. The third-order valence-electron chi connectivity index (χ3n) is 3.80. The third kappa shape index (κ3) is 3.06. The Morgan fingerprint density at radius 2 is 2.16 bits per heavy atom. The van der Waals surface area contributed by atoms with E-state index >= 15 is 0 Å². The largest absolute Gasteiger partial charge is 0.329 e.